The molecular weight excluding hydrogens is 342 g/mol. The molecular formula is C25H31N3. The lowest BCUT2D eigenvalue weighted by Gasteiger charge is -2.22. The van der Waals surface area contributed by atoms with Crippen LogP contribution in [-0.2, 0) is 0 Å². The summed E-state index contributed by atoms with van der Waals surface area (Å²) in [5.41, 5.74) is 13.5. The molecule has 0 aliphatic heterocycles. The number of hydrogen-bond donors (Lipinski definition) is 1. The highest BCUT2D eigenvalue weighted by Gasteiger charge is 2.17. The molecule has 1 atom stereocenters. The van der Waals surface area contributed by atoms with Gasteiger partial charge in [-0.3, -0.25) is 0 Å². The predicted molar refractivity (Wildman–Crippen MR) is 122 cm³/mol. The van der Waals surface area contributed by atoms with Crippen molar-refractivity contribution >= 4 is 11.4 Å². The minimum Gasteiger partial charge on any atom is -0.378 e. The summed E-state index contributed by atoms with van der Waals surface area (Å²) < 4.78 is 0. The average molecular weight is 374 g/mol. The van der Waals surface area contributed by atoms with Crippen LogP contribution in [0, 0.1) is 0 Å². The number of benzene rings is 3. The summed E-state index contributed by atoms with van der Waals surface area (Å²) >= 11 is 0. The van der Waals surface area contributed by atoms with E-state index < -0.39 is 0 Å². The van der Waals surface area contributed by atoms with Crippen LogP contribution < -0.4 is 15.5 Å². The van der Waals surface area contributed by atoms with Gasteiger partial charge >= 0.3 is 0 Å². The lowest BCUT2D eigenvalue weighted by Crippen LogP contribution is -2.10. The summed E-state index contributed by atoms with van der Waals surface area (Å²) in [6.07, 6.45) is 0. The molecule has 0 saturated carbocycles. The van der Waals surface area contributed by atoms with Crippen molar-refractivity contribution in [2.24, 2.45) is 5.73 Å². The summed E-state index contributed by atoms with van der Waals surface area (Å²) in [4.78, 5) is 4.25. The Morgan fingerprint density at radius 1 is 0.536 bits per heavy atom. The quantitative estimate of drug-likeness (QED) is 0.616. The highest BCUT2D eigenvalue weighted by atomic mass is 15.1. The molecule has 0 radical (unpaired) electrons. The number of nitrogens with two attached hydrogens (primary N) is 1. The first-order valence-corrected chi connectivity index (χ1v) is 9.77. The molecule has 0 aromatic heterocycles. The van der Waals surface area contributed by atoms with Gasteiger partial charge in [-0.1, -0.05) is 48.5 Å². The van der Waals surface area contributed by atoms with Crippen LogP contribution in [0.2, 0.25) is 0 Å². The van der Waals surface area contributed by atoms with Crippen LogP contribution in [0.15, 0.2) is 72.8 Å². The van der Waals surface area contributed by atoms with E-state index in [1.54, 1.807) is 0 Å². The van der Waals surface area contributed by atoms with Gasteiger partial charge in [-0.05, 0) is 53.4 Å². The maximum absolute atomic E-state index is 6.04. The van der Waals surface area contributed by atoms with Gasteiger partial charge in [-0.25, -0.2) is 0 Å². The highest BCUT2D eigenvalue weighted by Crippen LogP contribution is 2.34. The molecule has 0 amide bonds. The van der Waals surface area contributed by atoms with Crippen molar-refractivity contribution in [3.05, 3.63) is 95.1 Å². The molecule has 0 fully saturated rings. The summed E-state index contributed by atoms with van der Waals surface area (Å²) in [6.45, 7) is 2.02. The van der Waals surface area contributed by atoms with Crippen LogP contribution in [0.25, 0.3) is 0 Å². The zero-order valence-electron chi connectivity index (χ0n) is 17.6. The molecule has 3 aromatic rings. The lowest BCUT2D eigenvalue weighted by molar-refractivity contribution is 0.816. The number of hydrogen-bond acceptors (Lipinski definition) is 3. The second-order valence-electron chi connectivity index (χ2n) is 7.86. The van der Waals surface area contributed by atoms with E-state index in [4.69, 9.17) is 5.73 Å². The third-order valence-corrected chi connectivity index (χ3v) is 5.28. The minimum atomic E-state index is 0.0475. The first kappa shape index (κ1) is 20.0. The van der Waals surface area contributed by atoms with Gasteiger partial charge in [0.1, 0.15) is 0 Å². The fraction of sp³-hybridized carbons (Fsp3) is 0.280. The van der Waals surface area contributed by atoms with Gasteiger partial charge in [0.05, 0.1) is 0 Å². The maximum Gasteiger partial charge on any atom is 0.0361 e. The molecule has 0 aliphatic rings. The molecule has 0 bridgehead atoms. The maximum atomic E-state index is 6.04. The van der Waals surface area contributed by atoms with E-state index in [-0.39, 0.29) is 12.0 Å². The van der Waals surface area contributed by atoms with Gasteiger partial charge in [0.15, 0.2) is 0 Å². The van der Waals surface area contributed by atoms with Crippen LogP contribution in [0.1, 0.15) is 41.1 Å². The van der Waals surface area contributed by atoms with Crippen LogP contribution in [0.3, 0.4) is 0 Å². The van der Waals surface area contributed by atoms with Crippen molar-refractivity contribution in [1.82, 2.24) is 0 Å². The predicted octanol–water partition coefficient (Wildman–Crippen LogP) is 5.02. The molecule has 3 aromatic carbocycles. The first-order valence-electron chi connectivity index (χ1n) is 9.77. The molecule has 3 rings (SSSR count). The Hall–Kier alpha value is -2.78. The fourth-order valence-corrected chi connectivity index (χ4v) is 3.50. The number of nitrogens with zero attached hydrogens (tertiary/aromatic N) is 2. The van der Waals surface area contributed by atoms with Gasteiger partial charge in [0.25, 0.3) is 0 Å². The summed E-state index contributed by atoms with van der Waals surface area (Å²) in [5, 5.41) is 0. The number of rotatable bonds is 6. The molecule has 28 heavy (non-hydrogen) atoms. The van der Waals surface area contributed by atoms with Gasteiger partial charge in [0.2, 0.25) is 0 Å². The third kappa shape index (κ3) is 4.37. The average Bonchev–Trinajstić information content (AvgIpc) is 2.69. The minimum absolute atomic E-state index is 0.0475. The molecule has 2 N–H and O–H groups in total. The Morgan fingerprint density at radius 3 is 1.11 bits per heavy atom. The fourth-order valence-electron chi connectivity index (χ4n) is 3.50. The summed E-state index contributed by atoms with van der Waals surface area (Å²) in [6, 6.07) is 26.5. The Balaban J connectivity index is 2.04. The van der Waals surface area contributed by atoms with Crippen molar-refractivity contribution < 1.29 is 0 Å². The lowest BCUT2D eigenvalue weighted by atomic mass is 9.84. The molecule has 3 nitrogen and oxygen atoms in total. The molecule has 146 valence electrons. The molecule has 0 saturated heterocycles. The Kier molecular flexibility index (Phi) is 6.05. The van der Waals surface area contributed by atoms with Gasteiger partial charge < -0.3 is 15.5 Å². The van der Waals surface area contributed by atoms with Crippen LogP contribution in [-0.4, -0.2) is 28.2 Å². The van der Waals surface area contributed by atoms with E-state index in [1.807, 2.05) is 6.92 Å². The standard InChI is InChI=1S/C25H31N3/c1-18(26)19-6-8-20(9-7-19)25(21-10-14-23(15-11-21)27(2)3)22-12-16-24(17-13-22)28(4)5/h6-18,25H,26H2,1-5H3. The molecule has 0 spiro atoms. The van der Waals surface area contributed by atoms with Gasteiger partial charge in [-0.2, -0.15) is 0 Å². The Bertz CT molecular complexity index is 754. The van der Waals surface area contributed by atoms with E-state index in [2.05, 4.69) is 111 Å². The Labute approximate surface area is 169 Å². The van der Waals surface area contributed by atoms with Gasteiger partial charge in [0, 0.05) is 51.5 Å². The zero-order valence-corrected chi connectivity index (χ0v) is 17.6. The van der Waals surface area contributed by atoms with Crippen molar-refractivity contribution in [2.75, 3.05) is 38.0 Å². The van der Waals surface area contributed by atoms with E-state index in [0.29, 0.717) is 0 Å². The van der Waals surface area contributed by atoms with Crippen molar-refractivity contribution in [3.8, 4) is 0 Å². The molecule has 0 heterocycles. The van der Waals surface area contributed by atoms with Gasteiger partial charge in [-0.15, -0.1) is 0 Å². The highest BCUT2D eigenvalue weighted by molar-refractivity contribution is 5.53. The van der Waals surface area contributed by atoms with Crippen LogP contribution >= 0.6 is 0 Å². The normalized spacial score (nSPS) is 12.1. The second kappa shape index (κ2) is 8.49. The van der Waals surface area contributed by atoms with Crippen molar-refractivity contribution in [2.45, 2.75) is 18.9 Å². The largest absolute Gasteiger partial charge is 0.378 e. The number of anilines is 2. The van der Waals surface area contributed by atoms with E-state index in [9.17, 15) is 0 Å². The molecule has 1 unspecified atom stereocenters. The monoisotopic (exact) mass is 373 g/mol. The van der Waals surface area contributed by atoms with E-state index >= 15 is 0 Å². The third-order valence-electron chi connectivity index (χ3n) is 5.28. The topological polar surface area (TPSA) is 32.5 Å². The summed E-state index contributed by atoms with van der Waals surface area (Å²) in [5.74, 6) is 0.189. The SMILES string of the molecule is CC(N)c1ccc(C(c2ccc(N(C)C)cc2)c2ccc(N(C)C)cc2)cc1. The molecule has 0 aliphatic carbocycles. The Morgan fingerprint density at radius 2 is 0.821 bits per heavy atom. The smallest absolute Gasteiger partial charge is 0.0361 e. The first-order chi connectivity index (χ1) is 13.4. The zero-order chi connectivity index (χ0) is 20.3. The molecule has 3 heteroatoms. The second-order valence-corrected chi connectivity index (χ2v) is 7.86. The van der Waals surface area contributed by atoms with Crippen LogP contribution in [0.5, 0.6) is 0 Å². The van der Waals surface area contributed by atoms with Crippen molar-refractivity contribution in [3.63, 3.8) is 0 Å². The summed E-state index contributed by atoms with van der Waals surface area (Å²) in [7, 11) is 8.27. The van der Waals surface area contributed by atoms with Crippen LogP contribution in [0.4, 0.5) is 11.4 Å². The van der Waals surface area contributed by atoms with E-state index in [1.165, 1.54) is 28.1 Å². The van der Waals surface area contributed by atoms with Crippen molar-refractivity contribution in [1.29, 1.82) is 0 Å². The van der Waals surface area contributed by atoms with E-state index in [0.717, 1.165) is 5.56 Å².